The zero-order valence-electron chi connectivity index (χ0n) is 16.1. The predicted octanol–water partition coefficient (Wildman–Crippen LogP) is 2.07. The first-order valence-electron chi connectivity index (χ1n) is 8.44. The van der Waals surface area contributed by atoms with E-state index in [9.17, 15) is 18.0 Å². The molecule has 0 fully saturated rings. The number of esters is 1. The molecule has 0 unspecified atom stereocenters. The summed E-state index contributed by atoms with van der Waals surface area (Å²) in [5, 5.41) is 2.64. The van der Waals surface area contributed by atoms with Gasteiger partial charge in [0, 0.05) is 20.6 Å². The third kappa shape index (κ3) is 5.93. The van der Waals surface area contributed by atoms with Gasteiger partial charge in [-0.3, -0.25) is 4.79 Å². The number of sulfonamides is 1. The largest absolute Gasteiger partial charge is 0.497 e. The van der Waals surface area contributed by atoms with Gasteiger partial charge in [0.25, 0.3) is 5.91 Å². The number of benzene rings is 2. The van der Waals surface area contributed by atoms with E-state index < -0.39 is 28.5 Å². The Morgan fingerprint density at radius 1 is 1.10 bits per heavy atom. The van der Waals surface area contributed by atoms with Crippen LogP contribution in [-0.4, -0.2) is 52.4 Å². The Kier molecular flexibility index (Phi) is 7.60. The molecule has 0 bridgehead atoms. The summed E-state index contributed by atoms with van der Waals surface area (Å²) in [6.45, 7) is -0.284. The lowest BCUT2D eigenvalue weighted by atomic mass is 10.2. The monoisotopic (exact) mass is 440 g/mol. The van der Waals surface area contributed by atoms with Crippen molar-refractivity contribution in [3.63, 3.8) is 0 Å². The molecule has 0 saturated heterocycles. The van der Waals surface area contributed by atoms with E-state index in [0.717, 1.165) is 15.9 Å². The van der Waals surface area contributed by atoms with Crippen LogP contribution in [0.1, 0.15) is 15.9 Å². The molecule has 0 aliphatic heterocycles. The van der Waals surface area contributed by atoms with Gasteiger partial charge in [-0.25, -0.2) is 17.5 Å². The van der Waals surface area contributed by atoms with E-state index in [4.69, 9.17) is 21.1 Å². The van der Waals surface area contributed by atoms with Gasteiger partial charge in [0.2, 0.25) is 10.0 Å². The van der Waals surface area contributed by atoms with Crippen molar-refractivity contribution in [2.24, 2.45) is 0 Å². The quantitative estimate of drug-likeness (QED) is 0.630. The number of hydrogen-bond acceptors (Lipinski definition) is 6. The minimum absolute atomic E-state index is 0.0198. The van der Waals surface area contributed by atoms with Crippen molar-refractivity contribution in [1.29, 1.82) is 0 Å². The van der Waals surface area contributed by atoms with E-state index in [1.165, 1.54) is 26.2 Å². The molecule has 0 heterocycles. The minimum Gasteiger partial charge on any atom is -0.497 e. The predicted molar refractivity (Wildman–Crippen MR) is 107 cm³/mol. The highest BCUT2D eigenvalue weighted by Gasteiger charge is 2.21. The second-order valence-corrected chi connectivity index (χ2v) is 8.69. The summed E-state index contributed by atoms with van der Waals surface area (Å²) in [5.74, 6) is -0.711. The number of carbonyl (C=O) groups is 2. The Hall–Kier alpha value is -2.62. The number of halogens is 1. The van der Waals surface area contributed by atoms with Crippen LogP contribution in [0.3, 0.4) is 0 Å². The fraction of sp³-hybridized carbons (Fsp3) is 0.263. The molecule has 0 spiro atoms. The minimum atomic E-state index is -3.75. The molecule has 2 aromatic rings. The van der Waals surface area contributed by atoms with Crippen molar-refractivity contribution < 1.29 is 27.5 Å². The Bertz CT molecular complexity index is 990. The molecule has 29 heavy (non-hydrogen) atoms. The fourth-order valence-electron chi connectivity index (χ4n) is 2.24. The summed E-state index contributed by atoms with van der Waals surface area (Å²) >= 11 is 5.98. The van der Waals surface area contributed by atoms with Gasteiger partial charge < -0.3 is 14.8 Å². The van der Waals surface area contributed by atoms with Crippen LogP contribution in [-0.2, 0) is 26.1 Å². The first-order chi connectivity index (χ1) is 13.6. The maximum absolute atomic E-state index is 12.3. The number of hydrogen-bond donors (Lipinski definition) is 1. The first-order valence-corrected chi connectivity index (χ1v) is 10.3. The fourth-order valence-corrected chi connectivity index (χ4v) is 3.36. The van der Waals surface area contributed by atoms with Crippen LogP contribution in [0.5, 0.6) is 5.75 Å². The average Bonchev–Trinajstić information content (AvgIpc) is 2.70. The van der Waals surface area contributed by atoms with Gasteiger partial charge in [0.05, 0.1) is 22.6 Å². The number of nitrogens with one attached hydrogen (secondary N) is 1. The molecule has 0 aliphatic rings. The molecule has 156 valence electrons. The lowest BCUT2D eigenvalue weighted by Gasteiger charge is -2.13. The standard InChI is InChI=1S/C19H21ClN2O6S/c1-22(2)29(25,26)15-8-9-17(20)16(10-15)19(24)28-12-18(23)21-11-13-4-6-14(27-3)7-5-13/h4-10H,11-12H2,1-3H3,(H,21,23). The molecule has 8 nitrogen and oxygen atoms in total. The van der Waals surface area contributed by atoms with Crippen molar-refractivity contribution in [2.45, 2.75) is 11.4 Å². The molecule has 0 saturated carbocycles. The normalized spacial score (nSPS) is 11.2. The summed E-state index contributed by atoms with van der Waals surface area (Å²) in [6.07, 6.45) is 0. The van der Waals surface area contributed by atoms with Crippen molar-refractivity contribution in [2.75, 3.05) is 27.8 Å². The first kappa shape index (κ1) is 22.7. The maximum Gasteiger partial charge on any atom is 0.340 e. The van der Waals surface area contributed by atoms with Gasteiger partial charge in [-0.05, 0) is 35.9 Å². The highest BCUT2D eigenvalue weighted by atomic mass is 35.5. The van der Waals surface area contributed by atoms with E-state index >= 15 is 0 Å². The third-order valence-electron chi connectivity index (χ3n) is 3.92. The molecule has 10 heteroatoms. The molecule has 0 aromatic heterocycles. The maximum atomic E-state index is 12.3. The molecule has 0 atom stereocenters. The summed E-state index contributed by atoms with van der Waals surface area (Å²) in [6, 6.07) is 10.8. The molecule has 2 aromatic carbocycles. The number of carbonyl (C=O) groups excluding carboxylic acids is 2. The second kappa shape index (κ2) is 9.73. The summed E-state index contributed by atoms with van der Waals surface area (Å²) in [7, 11) is 0.552. The van der Waals surface area contributed by atoms with Gasteiger partial charge in [-0.15, -0.1) is 0 Å². The summed E-state index contributed by atoms with van der Waals surface area (Å²) in [5.41, 5.74) is 0.702. The number of nitrogens with zero attached hydrogens (tertiary/aromatic N) is 1. The van der Waals surface area contributed by atoms with Crippen LogP contribution < -0.4 is 10.1 Å². The van der Waals surface area contributed by atoms with Gasteiger partial charge in [0.1, 0.15) is 5.75 Å². The molecule has 1 amide bonds. The van der Waals surface area contributed by atoms with Gasteiger partial charge >= 0.3 is 5.97 Å². The van der Waals surface area contributed by atoms with Crippen molar-refractivity contribution in [3.05, 3.63) is 58.6 Å². The smallest absolute Gasteiger partial charge is 0.340 e. The highest BCUT2D eigenvalue weighted by molar-refractivity contribution is 7.89. The number of rotatable bonds is 8. The lowest BCUT2D eigenvalue weighted by Crippen LogP contribution is -2.28. The summed E-state index contributed by atoms with van der Waals surface area (Å²) in [4.78, 5) is 24.1. The Morgan fingerprint density at radius 2 is 1.76 bits per heavy atom. The number of amides is 1. The van der Waals surface area contributed by atoms with Crippen LogP contribution in [0.25, 0.3) is 0 Å². The third-order valence-corrected chi connectivity index (χ3v) is 6.06. The van der Waals surface area contributed by atoms with E-state index in [2.05, 4.69) is 5.32 Å². The van der Waals surface area contributed by atoms with E-state index in [1.807, 2.05) is 0 Å². The van der Waals surface area contributed by atoms with Crippen LogP contribution in [0.15, 0.2) is 47.4 Å². The highest BCUT2D eigenvalue weighted by Crippen LogP contribution is 2.22. The second-order valence-electron chi connectivity index (χ2n) is 6.13. The van der Waals surface area contributed by atoms with Crippen molar-refractivity contribution in [3.8, 4) is 5.75 Å². The van der Waals surface area contributed by atoms with E-state index in [0.29, 0.717) is 5.75 Å². The Balaban J connectivity index is 1.96. The molecular weight excluding hydrogens is 420 g/mol. The SMILES string of the molecule is COc1ccc(CNC(=O)COC(=O)c2cc(S(=O)(=O)N(C)C)ccc2Cl)cc1. The zero-order valence-corrected chi connectivity index (χ0v) is 17.7. The van der Waals surface area contributed by atoms with Gasteiger partial charge in [-0.1, -0.05) is 23.7 Å². The van der Waals surface area contributed by atoms with E-state index in [-0.39, 0.29) is 22.0 Å². The van der Waals surface area contributed by atoms with Gasteiger partial charge in [0.15, 0.2) is 6.61 Å². The van der Waals surface area contributed by atoms with Crippen LogP contribution in [0.4, 0.5) is 0 Å². The number of methoxy groups -OCH3 is 1. The van der Waals surface area contributed by atoms with Crippen LogP contribution >= 0.6 is 11.6 Å². The van der Waals surface area contributed by atoms with Crippen molar-refractivity contribution in [1.82, 2.24) is 9.62 Å². The van der Waals surface area contributed by atoms with E-state index in [1.54, 1.807) is 31.4 Å². The molecule has 0 aliphatic carbocycles. The molecular formula is C19H21ClN2O6S. The molecule has 0 radical (unpaired) electrons. The Labute approximate surface area is 174 Å². The molecule has 1 N–H and O–H groups in total. The van der Waals surface area contributed by atoms with Gasteiger partial charge in [-0.2, -0.15) is 0 Å². The molecule has 2 rings (SSSR count). The summed E-state index contributed by atoms with van der Waals surface area (Å²) < 4.78 is 35.4. The van der Waals surface area contributed by atoms with Crippen molar-refractivity contribution >= 4 is 33.5 Å². The Morgan fingerprint density at radius 3 is 2.34 bits per heavy atom. The average molecular weight is 441 g/mol. The number of ether oxygens (including phenoxy) is 2. The topological polar surface area (TPSA) is 102 Å². The lowest BCUT2D eigenvalue weighted by molar-refractivity contribution is -0.124. The van der Waals surface area contributed by atoms with Crippen LogP contribution in [0, 0.1) is 0 Å². The van der Waals surface area contributed by atoms with Crippen LogP contribution in [0.2, 0.25) is 5.02 Å². The zero-order chi connectivity index (χ0) is 21.6.